The van der Waals surface area contributed by atoms with Crippen molar-refractivity contribution in [2.24, 2.45) is 0 Å². The zero-order chi connectivity index (χ0) is 24.6. The fourth-order valence-electron chi connectivity index (χ4n) is 3.73. The molecule has 194 valence electrons. The largest absolute Gasteiger partial charge is 0.507 e. The van der Waals surface area contributed by atoms with Gasteiger partial charge in [-0.25, -0.2) is 0 Å². The van der Waals surface area contributed by atoms with Gasteiger partial charge < -0.3 is 65.3 Å². The van der Waals surface area contributed by atoms with Crippen LogP contribution in [0.5, 0.6) is 17.2 Å². The van der Waals surface area contributed by atoms with Crippen molar-refractivity contribution in [2.45, 2.75) is 75.3 Å². The molecule has 10 N–H and O–H groups in total. The average molecular weight is 494 g/mol. The summed E-state index contributed by atoms with van der Waals surface area (Å²) in [5.41, 5.74) is -0.344. The molecule has 0 aromatic heterocycles. The maximum atomic E-state index is 11.6. The minimum absolute atomic E-state index is 0. The molecule has 2 fully saturated rings. The number of phenolic OH excluding ortho intramolecular Hbond substituents is 2. The van der Waals surface area contributed by atoms with Crippen LogP contribution in [0.1, 0.15) is 24.2 Å². The van der Waals surface area contributed by atoms with Gasteiger partial charge in [0.1, 0.15) is 59.4 Å². The Balaban J connectivity index is 0.00000408. The van der Waals surface area contributed by atoms with E-state index >= 15 is 0 Å². The SMILES string of the molecule is CC(=O)c1c(O)cc(OC2OC(CO)C(O)C(O)[C@H]2OC2OC(C)C(O)C(O)C2O)cc1O.O. The standard InChI is InChI=1S/C20H28O13.H2O/c1-6(22)12-9(23)3-8(4-10(12)24)31-20-18(16(28)14(26)11(5-21)32-20)33-19-17(29)15(27)13(25)7(2)30-19;/h3-4,7,11,13-21,23-29H,5H2,1-2H3;1H2/t7?,11?,13?,14?,15?,16?,17?,18-,19?,20?;/m1./s1. The molecule has 0 saturated carbocycles. The first kappa shape index (κ1) is 28.1. The number of hydrogen-bond donors (Lipinski definition) is 8. The smallest absolute Gasteiger partial charge is 0.229 e. The highest BCUT2D eigenvalue weighted by Crippen LogP contribution is 2.35. The number of carbonyl (C=O) groups is 1. The number of benzene rings is 1. The molecule has 0 aliphatic carbocycles. The third-order valence-corrected chi connectivity index (χ3v) is 5.60. The number of phenols is 2. The first-order valence-corrected chi connectivity index (χ1v) is 10.2. The van der Waals surface area contributed by atoms with Gasteiger partial charge in [-0.15, -0.1) is 0 Å². The molecule has 34 heavy (non-hydrogen) atoms. The van der Waals surface area contributed by atoms with Gasteiger partial charge in [-0.05, 0) is 13.8 Å². The maximum Gasteiger partial charge on any atom is 0.229 e. The van der Waals surface area contributed by atoms with Gasteiger partial charge >= 0.3 is 0 Å². The van der Waals surface area contributed by atoms with E-state index in [2.05, 4.69) is 0 Å². The molecule has 1 aromatic carbocycles. The van der Waals surface area contributed by atoms with Gasteiger partial charge in [0.2, 0.25) is 6.29 Å². The van der Waals surface area contributed by atoms with Crippen molar-refractivity contribution >= 4 is 5.78 Å². The number of Topliss-reactive ketones (excluding diaryl/α,β-unsaturated/α-hetero) is 1. The van der Waals surface area contributed by atoms with Crippen molar-refractivity contribution < 1.29 is 70.1 Å². The van der Waals surface area contributed by atoms with E-state index in [0.717, 1.165) is 19.1 Å². The van der Waals surface area contributed by atoms with Crippen molar-refractivity contribution in [3.05, 3.63) is 17.7 Å². The second-order valence-electron chi connectivity index (χ2n) is 8.00. The van der Waals surface area contributed by atoms with E-state index in [1.54, 1.807) is 0 Å². The quantitative estimate of drug-likeness (QED) is 0.179. The van der Waals surface area contributed by atoms with E-state index in [-0.39, 0.29) is 16.8 Å². The molecule has 0 amide bonds. The maximum absolute atomic E-state index is 11.6. The normalized spacial score (nSPS) is 38.1. The van der Waals surface area contributed by atoms with E-state index in [1.807, 2.05) is 0 Å². The molecule has 2 heterocycles. The third kappa shape index (κ3) is 5.41. The number of aliphatic hydroxyl groups is 6. The minimum atomic E-state index is -1.74. The second kappa shape index (κ2) is 11.1. The summed E-state index contributed by atoms with van der Waals surface area (Å²) < 4.78 is 21.9. The van der Waals surface area contributed by atoms with Crippen molar-refractivity contribution in [2.75, 3.05) is 6.61 Å². The summed E-state index contributed by atoms with van der Waals surface area (Å²) in [6, 6.07) is 1.99. The molecule has 0 bridgehead atoms. The highest BCUT2D eigenvalue weighted by Gasteiger charge is 2.50. The van der Waals surface area contributed by atoms with Crippen LogP contribution in [0.15, 0.2) is 12.1 Å². The average Bonchev–Trinajstić information content (AvgIpc) is 2.74. The zero-order valence-corrected chi connectivity index (χ0v) is 18.3. The summed E-state index contributed by atoms with van der Waals surface area (Å²) in [5.74, 6) is -2.02. The zero-order valence-electron chi connectivity index (χ0n) is 18.3. The fourth-order valence-corrected chi connectivity index (χ4v) is 3.73. The van der Waals surface area contributed by atoms with Crippen molar-refractivity contribution in [1.82, 2.24) is 0 Å². The summed E-state index contributed by atoms with van der Waals surface area (Å²) in [6.45, 7) is 1.83. The molecule has 9 unspecified atom stereocenters. The van der Waals surface area contributed by atoms with E-state index < -0.39 is 85.3 Å². The number of ketones is 1. The van der Waals surface area contributed by atoms with Gasteiger partial charge in [0.05, 0.1) is 12.7 Å². The number of rotatable bonds is 6. The summed E-state index contributed by atoms with van der Waals surface area (Å²) in [6.07, 6.45) is -15.2. The van der Waals surface area contributed by atoms with Crippen LogP contribution in [0.4, 0.5) is 0 Å². The number of aliphatic hydroxyl groups excluding tert-OH is 6. The number of hydrogen-bond acceptors (Lipinski definition) is 13. The van der Waals surface area contributed by atoms with Crippen LogP contribution < -0.4 is 4.74 Å². The van der Waals surface area contributed by atoms with E-state index in [9.17, 15) is 45.6 Å². The number of carbonyl (C=O) groups excluding carboxylic acids is 1. The first-order chi connectivity index (χ1) is 15.5. The highest BCUT2D eigenvalue weighted by atomic mass is 16.8. The predicted molar refractivity (Wildman–Crippen MR) is 109 cm³/mol. The summed E-state index contributed by atoms with van der Waals surface area (Å²) >= 11 is 0. The molecule has 2 saturated heterocycles. The molecule has 10 atom stereocenters. The predicted octanol–water partition coefficient (Wildman–Crippen LogP) is -3.49. The lowest BCUT2D eigenvalue weighted by atomic mass is 9.97. The lowest BCUT2D eigenvalue weighted by Gasteiger charge is -2.45. The topological polar surface area (TPSA) is 247 Å². The van der Waals surface area contributed by atoms with Gasteiger partial charge in [-0.3, -0.25) is 4.79 Å². The minimum Gasteiger partial charge on any atom is -0.507 e. The van der Waals surface area contributed by atoms with Crippen molar-refractivity contribution in [3.8, 4) is 17.2 Å². The monoisotopic (exact) mass is 494 g/mol. The Bertz CT molecular complexity index is 826. The van der Waals surface area contributed by atoms with Crippen molar-refractivity contribution in [1.29, 1.82) is 0 Å². The Kier molecular flexibility index (Phi) is 9.17. The molecule has 3 rings (SSSR count). The lowest BCUT2D eigenvalue weighted by Crippen LogP contribution is -2.64. The molecule has 0 spiro atoms. The van der Waals surface area contributed by atoms with Crippen LogP contribution in [0.25, 0.3) is 0 Å². The Labute approximate surface area is 193 Å². The number of aromatic hydroxyl groups is 2. The van der Waals surface area contributed by atoms with E-state index in [4.69, 9.17) is 18.9 Å². The van der Waals surface area contributed by atoms with Gasteiger partial charge in [-0.1, -0.05) is 0 Å². The Morgan fingerprint density at radius 1 is 0.912 bits per heavy atom. The summed E-state index contributed by atoms with van der Waals surface area (Å²) in [4.78, 5) is 11.6. The van der Waals surface area contributed by atoms with Crippen LogP contribution in [-0.4, -0.2) is 120 Å². The van der Waals surface area contributed by atoms with Crippen LogP contribution in [0.3, 0.4) is 0 Å². The fraction of sp³-hybridized carbons (Fsp3) is 0.650. The molecular formula is C20H30O14. The molecule has 2 aliphatic heterocycles. The Morgan fingerprint density at radius 2 is 1.50 bits per heavy atom. The molecule has 2 aliphatic rings. The first-order valence-electron chi connectivity index (χ1n) is 10.2. The van der Waals surface area contributed by atoms with Gasteiger partial charge in [0.15, 0.2) is 18.2 Å². The van der Waals surface area contributed by atoms with Crippen molar-refractivity contribution in [3.63, 3.8) is 0 Å². The van der Waals surface area contributed by atoms with Crippen LogP contribution >= 0.6 is 0 Å². The Hall–Kier alpha value is -2.11. The van der Waals surface area contributed by atoms with Gasteiger partial charge in [0.25, 0.3) is 0 Å². The van der Waals surface area contributed by atoms with E-state index in [1.165, 1.54) is 6.92 Å². The third-order valence-electron chi connectivity index (χ3n) is 5.60. The molecule has 14 nitrogen and oxygen atoms in total. The number of ether oxygens (including phenoxy) is 4. The summed E-state index contributed by atoms with van der Waals surface area (Å²) in [7, 11) is 0. The van der Waals surface area contributed by atoms with Crippen LogP contribution in [0, 0.1) is 0 Å². The van der Waals surface area contributed by atoms with E-state index in [0.29, 0.717) is 0 Å². The van der Waals surface area contributed by atoms with Crippen LogP contribution in [0.2, 0.25) is 0 Å². The van der Waals surface area contributed by atoms with Gasteiger partial charge in [-0.2, -0.15) is 0 Å². The highest BCUT2D eigenvalue weighted by molar-refractivity contribution is 5.99. The Morgan fingerprint density at radius 3 is 2.03 bits per heavy atom. The summed E-state index contributed by atoms with van der Waals surface area (Å²) in [5, 5.41) is 80.4. The van der Waals surface area contributed by atoms with Gasteiger partial charge in [0, 0.05) is 12.1 Å². The molecule has 14 heteroatoms. The molecule has 1 aromatic rings. The second-order valence-corrected chi connectivity index (χ2v) is 8.00. The lowest BCUT2D eigenvalue weighted by molar-refractivity contribution is -0.354. The van der Waals surface area contributed by atoms with Crippen LogP contribution in [-0.2, 0) is 14.2 Å². The molecular weight excluding hydrogens is 464 g/mol. The molecule has 0 radical (unpaired) electrons.